The summed E-state index contributed by atoms with van der Waals surface area (Å²) < 4.78 is 0. The monoisotopic (exact) mass is 427 g/mol. The highest BCUT2D eigenvalue weighted by molar-refractivity contribution is 6.10. The highest BCUT2D eigenvalue weighted by Gasteiger charge is 2.22. The second-order valence-corrected chi connectivity index (χ2v) is 8.39. The largest absolute Gasteiger partial charge is 0.326 e. The van der Waals surface area contributed by atoms with Gasteiger partial charge in [0, 0.05) is 23.5 Å². The number of hydrogen-bond donors (Lipinski definition) is 2. The van der Waals surface area contributed by atoms with Gasteiger partial charge in [0.2, 0.25) is 5.91 Å². The molecular formula is C27H29N3O2. The Labute approximate surface area is 189 Å². The smallest absolute Gasteiger partial charge is 0.258 e. The summed E-state index contributed by atoms with van der Waals surface area (Å²) in [5, 5.41) is 2.99. The first kappa shape index (κ1) is 21.8. The summed E-state index contributed by atoms with van der Waals surface area (Å²) in [4.78, 5) is 27.8. The van der Waals surface area contributed by atoms with Crippen LogP contribution in [0.2, 0.25) is 0 Å². The predicted molar refractivity (Wildman–Crippen MR) is 129 cm³/mol. The SMILES string of the molecule is C[C@@H]1CCCc2ccc(NC(=O)CN(C(=O)c3cccc(CN)c3)c3ccccc3)cc21. The summed E-state index contributed by atoms with van der Waals surface area (Å²) in [7, 11) is 0. The molecular weight excluding hydrogens is 398 g/mol. The lowest BCUT2D eigenvalue weighted by Crippen LogP contribution is -2.38. The number of anilines is 2. The van der Waals surface area contributed by atoms with Crippen molar-refractivity contribution in [3.8, 4) is 0 Å². The zero-order valence-electron chi connectivity index (χ0n) is 18.4. The molecule has 2 amide bonds. The zero-order chi connectivity index (χ0) is 22.5. The Bertz CT molecular complexity index is 1110. The molecule has 0 radical (unpaired) electrons. The molecule has 3 aromatic rings. The van der Waals surface area contributed by atoms with Crippen LogP contribution in [0.4, 0.5) is 11.4 Å². The minimum absolute atomic E-state index is 0.0810. The number of rotatable bonds is 6. The van der Waals surface area contributed by atoms with Gasteiger partial charge in [-0.2, -0.15) is 0 Å². The van der Waals surface area contributed by atoms with Crippen LogP contribution in [0.1, 0.15) is 52.7 Å². The molecule has 0 saturated carbocycles. The number of nitrogens with one attached hydrogen (secondary N) is 1. The Morgan fingerprint density at radius 1 is 1.03 bits per heavy atom. The molecule has 5 heteroatoms. The molecule has 0 unspecified atom stereocenters. The van der Waals surface area contributed by atoms with Gasteiger partial charge in [-0.3, -0.25) is 14.5 Å². The number of nitrogens with two attached hydrogens (primary N) is 1. The van der Waals surface area contributed by atoms with E-state index in [1.165, 1.54) is 28.9 Å². The summed E-state index contributed by atoms with van der Waals surface area (Å²) in [6.07, 6.45) is 3.47. The van der Waals surface area contributed by atoms with E-state index in [1.807, 2.05) is 48.5 Å². The number of carbonyl (C=O) groups excluding carboxylic acids is 2. The van der Waals surface area contributed by atoms with E-state index >= 15 is 0 Å². The van der Waals surface area contributed by atoms with Crippen molar-refractivity contribution in [2.45, 2.75) is 38.6 Å². The van der Waals surface area contributed by atoms with Crippen molar-refractivity contribution >= 4 is 23.2 Å². The fourth-order valence-electron chi connectivity index (χ4n) is 4.33. The van der Waals surface area contributed by atoms with Gasteiger partial charge in [0.25, 0.3) is 5.91 Å². The molecule has 164 valence electrons. The third-order valence-electron chi connectivity index (χ3n) is 6.07. The van der Waals surface area contributed by atoms with E-state index in [1.54, 1.807) is 12.1 Å². The van der Waals surface area contributed by atoms with E-state index in [-0.39, 0.29) is 18.4 Å². The van der Waals surface area contributed by atoms with Crippen molar-refractivity contribution in [3.05, 3.63) is 95.1 Å². The molecule has 0 bridgehead atoms. The van der Waals surface area contributed by atoms with Crippen molar-refractivity contribution in [1.82, 2.24) is 0 Å². The maximum Gasteiger partial charge on any atom is 0.258 e. The molecule has 3 N–H and O–H groups in total. The molecule has 3 aromatic carbocycles. The van der Waals surface area contributed by atoms with Crippen molar-refractivity contribution < 1.29 is 9.59 Å². The normalized spacial score (nSPS) is 15.0. The summed E-state index contributed by atoms with van der Waals surface area (Å²) >= 11 is 0. The van der Waals surface area contributed by atoms with Crippen LogP contribution in [0.25, 0.3) is 0 Å². The number of amides is 2. The predicted octanol–water partition coefficient (Wildman–Crippen LogP) is 4.87. The molecule has 0 fully saturated rings. The first-order chi connectivity index (χ1) is 15.5. The molecule has 4 rings (SSSR count). The average Bonchev–Trinajstić information content (AvgIpc) is 2.83. The molecule has 0 heterocycles. The van der Waals surface area contributed by atoms with Gasteiger partial charge in [-0.1, -0.05) is 43.3 Å². The van der Waals surface area contributed by atoms with Gasteiger partial charge in [-0.25, -0.2) is 0 Å². The minimum Gasteiger partial charge on any atom is -0.326 e. The number of aryl methyl sites for hydroxylation is 1. The Hall–Kier alpha value is -3.44. The second kappa shape index (κ2) is 9.79. The Balaban J connectivity index is 1.55. The van der Waals surface area contributed by atoms with Crippen molar-refractivity contribution in [1.29, 1.82) is 0 Å². The fraction of sp³-hybridized carbons (Fsp3) is 0.259. The zero-order valence-corrected chi connectivity index (χ0v) is 18.4. The fourth-order valence-corrected chi connectivity index (χ4v) is 4.33. The van der Waals surface area contributed by atoms with Crippen LogP contribution in [0, 0.1) is 0 Å². The lowest BCUT2D eigenvalue weighted by Gasteiger charge is -2.24. The molecule has 32 heavy (non-hydrogen) atoms. The van der Waals surface area contributed by atoms with Crippen molar-refractivity contribution in [2.75, 3.05) is 16.8 Å². The van der Waals surface area contributed by atoms with E-state index in [9.17, 15) is 9.59 Å². The second-order valence-electron chi connectivity index (χ2n) is 8.39. The molecule has 5 nitrogen and oxygen atoms in total. The van der Waals surface area contributed by atoms with E-state index in [0.717, 1.165) is 17.7 Å². The molecule has 1 aliphatic rings. The van der Waals surface area contributed by atoms with Crippen LogP contribution in [0.5, 0.6) is 0 Å². The van der Waals surface area contributed by atoms with Gasteiger partial charge in [0.1, 0.15) is 6.54 Å². The van der Waals surface area contributed by atoms with E-state index in [0.29, 0.717) is 23.7 Å². The Kier molecular flexibility index (Phi) is 6.66. The van der Waals surface area contributed by atoms with Crippen LogP contribution in [0.3, 0.4) is 0 Å². The van der Waals surface area contributed by atoms with Crippen LogP contribution in [-0.2, 0) is 17.8 Å². The van der Waals surface area contributed by atoms with Gasteiger partial charge in [0.15, 0.2) is 0 Å². The third-order valence-corrected chi connectivity index (χ3v) is 6.07. The molecule has 0 aromatic heterocycles. The molecule has 0 saturated heterocycles. The Morgan fingerprint density at radius 2 is 1.84 bits per heavy atom. The summed E-state index contributed by atoms with van der Waals surface area (Å²) in [6, 6.07) is 22.6. The summed E-state index contributed by atoms with van der Waals surface area (Å²) in [5.41, 5.74) is 11.2. The number of para-hydroxylation sites is 1. The summed E-state index contributed by atoms with van der Waals surface area (Å²) in [6.45, 7) is 2.50. The first-order valence-electron chi connectivity index (χ1n) is 11.1. The van der Waals surface area contributed by atoms with Gasteiger partial charge < -0.3 is 11.1 Å². The highest BCUT2D eigenvalue weighted by Crippen LogP contribution is 2.33. The lowest BCUT2D eigenvalue weighted by atomic mass is 9.84. The van der Waals surface area contributed by atoms with Gasteiger partial charge >= 0.3 is 0 Å². The van der Waals surface area contributed by atoms with Crippen molar-refractivity contribution in [2.24, 2.45) is 5.73 Å². The van der Waals surface area contributed by atoms with E-state index in [4.69, 9.17) is 5.73 Å². The van der Waals surface area contributed by atoms with Gasteiger partial charge in [0.05, 0.1) is 0 Å². The number of nitrogens with zero attached hydrogens (tertiary/aromatic N) is 1. The van der Waals surface area contributed by atoms with Crippen molar-refractivity contribution in [3.63, 3.8) is 0 Å². The maximum atomic E-state index is 13.3. The van der Waals surface area contributed by atoms with Crippen LogP contribution in [-0.4, -0.2) is 18.4 Å². The van der Waals surface area contributed by atoms with E-state index in [2.05, 4.69) is 24.4 Å². The summed E-state index contributed by atoms with van der Waals surface area (Å²) in [5.74, 6) is 0.0223. The number of fused-ring (bicyclic) bond motifs is 1. The van der Waals surface area contributed by atoms with Gasteiger partial charge in [-0.15, -0.1) is 0 Å². The van der Waals surface area contributed by atoms with Crippen LogP contribution >= 0.6 is 0 Å². The van der Waals surface area contributed by atoms with E-state index < -0.39 is 0 Å². The van der Waals surface area contributed by atoms with Crippen LogP contribution in [0.15, 0.2) is 72.8 Å². The Morgan fingerprint density at radius 3 is 2.62 bits per heavy atom. The first-order valence-corrected chi connectivity index (χ1v) is 11.1. The molecule has 1 atom stereocenters. The quantitative estimate of drug-likeness (QED) is 0.589. The highest BCUT2D eigenvalue weighted by atomic mass is 16.2. The maximum absolute atomic E-state index is 13.3. The number of carbonyl (C=O) groups is 2. The molecule has 0 aliphatic heterocycles. The minimum atomic E-state index is -0.236. The molecule has 1 aliphatic carbocycles. The topological polar surface area (TPSA) is 75.4 Å². The lowest BCUT2D eigenvalue weighted by molar-refractivity contribution is -0.114. The molecule has 0 spiro atoms. The third kappa shape index (κ3) is 4.89. The standard InChI is InChI=1S/C27H29N3O2/c1-19-7-5-9-21-13-14-23(16-25(19)21)29-26(31)18-30(24-11-3-2-4-12-24)27(32)22-10-6-8-20(15-22)17-28/h2-4,6,8,10-16,19H,5,7,9,17-18,28H2,1H3,(H,29,31)/t19-/m1/s1. The number of benzene rings is 3. The number of hydrogen-bond acceptors (Lipinski definition) is 3. The average molecular weight is 428 g/mol. The van der Waals surface area contributed by atoms with Gasteiger partial charge in [-0.05, 0) is 78.3 Å². The van der Waals surface area contributed by atoms with Crippen LogP contribution < -0.4 is 16.0 Å².